The zero-order valence-corrected chi connectivity index (χ0v) is 14.4. The number of carbonyl (C=O) groups is 2. The molecule has 128 valence electrons. The first-order chi connectivity index (χ1) is 11.5. The number of benzene rings is 1. The SMILES string of the molecule is C=C(CC)C(=O)c1cc2c(cc1C)OC(C(=O)OC1CCCC1)C2. The summed E-state index contributed by atoms with van der Waals surface area (Å²) in [5, 5.41) is 0. The van der Waals surface area contributed by atoms with Gasteiger partial charge in [0, 0.05) is 12.0 Å². The molecule has 4 nitrogen and oxygen atoms in total. The lowest BCUT2D eigenvalue weighted by Crippen LogP contribution is -2.30. The van der Waals surface area contributed by atoms with Crippen LogP contribution in [0.25, 0.3) is 0 Å². The van der Waals surface area contributed by atoms with Crippen molar-refractivity contribution in [2.45, 2.75) is 64.6 Å². The molecule has 24 heavy (non-hydrogen) atoms. The van der Waals surface area contributed by atoms with Crippen LogP contribution < -0.4 is 4.74 Å². The van der Waals surface area contributed by atoms with E-state index in [1.165, 1.54) is 0 Å². The fourth-order valence-electron chi connectivity index (χ4n) is 3.36. The van der Waals surface area contributed by atoms with E-state index in [9.17, 15) is 9.59 Å². The Morgan fingerprint density at radius 3 is 2.67 bits per heavy atom. The minimum absolute atomic E-state index is 0.0326. The van der Waals surface area contributed by atoms with E-state index in [2.05, 4.69) is 6.58 Å². The molecule has 1 saturated carbocycles. The number of aryl methyl sites for hydroxylation is 1. The molecule has 3 rings (SSSR count). The molecule has 4 heteroatoms. The van der Waals surface area contributed by atoms with E-state index in [1.54, 1.807) is 0 Å². The summed E-state index contributed by atoms with van der Waals surface area (Å²) in [6.07, 6.45) is 4.66. The summed E-state index contributed by atoms with van der Waals surface area (Å²) in [5.74, 6) is 0.357. The predicted molar refractivity (Wildman–Crippen MR) is 91.4 cm³/mol. The quantitative estimate of drug-likeness (QED) is 0.467. The maximum Gasteiger partial charge on any atom is 0.347 e. The molecule has 1 aromatic rings. The molecule has 0 saturated heterocycles. The summed E-state index contributed by atoms with van der Waals surface area (Å²) in [7, 11) is 0. The molecule has 0 N–H and O–H groups in total. The third-order valence-corrected chi connectivity index (χ3v) is 4.92. The van der Waals surface area contributed by atoms with E-state index >= 15 is 0 Å². The van der Waals surface area contributed by atoms with E-state index in [-0.39, 0.29) is 17.9 Å². The van der Waals surface area contributed by atoms with Crippen molar-refractivity contribution in [1.29, 1.82) is 0 Å². The minimum atomic E-state index is -0.597. The lowest BCUT2D eigenvalue weighted by atomic mass is 9.95. The van der Waals surface area contributed by atoms with Gasteiger partial charge in [0.25, 0.3) is 0 Å². The molecule has 1 aromatic carbocycles. The third kappa shape index (κ3) is 3.23. The van der Waals surface area contributed by atoms with Crippen molar-refractivity contribution < 1.29 is 19.1 Å². The molecule has 1 aliphatic carbocycles. The van der Waals surface area contributed by atoms with Crippen LogP contribution >= 0.6 is 0 Å². The van der Waals surface area contributed by atoms with Gasteiger partial charge in [0.15, 0.2) is 11.9 Å². The predicted octanol–water partition coefficient (Wildman–Crippen LogP) is 3.93. The number of hydrogen-bond acceptors (Lipinski definition) is 4. The molecular weight excluding hydrogens is 304 g/mol. The van der Waals surface area contributed by atoms with Gasteiger partial charge in [0.05, 0.1) is 0 Å². The van der Waals surface area contributed by atoms with Crippen LogP contribution in [0.15, 0.2) is 24.3 Å². The second kappa shape index (κ2) is 6.80. The second-order valence-corrected chi connectivity index (χ2v) is 6.72. The number of allylic oxidation sites excluding steroid dienone is 1. The maximum absolute atomic E-state index is 12.4. The Hall–Kier alpha value is -2.10. The van der Waals surface area contributed by atoms with Crippen LogP contribution in [0.4, 0.5) is 0 Å². The van der Waals surface area contributed by atoms with Crippen LogP contribution in [0.1, 0.15) is 60.5 Å². The van der Waals surface area contributed by atoms with Crippen LogP contribution in [-0.4, -0.2) is 24.0 Å². The van der Waals surface area contributed by atoms with Crippen molar-refractivity contribution in [2.24, 2.45) is 0 Å². The maximum atomic E-state index is 12.4. The van der Waals surface area contributed by atoms with Gasteiger partial charge in [-0.25, -0.2) is 4.79 Å². The first-order valence-electron chi connectivity index (χ1n) is 8.72. The van der Waals surface area contributed by atoms with E-state index < -0.39 is 6.10 Å². The largest absolute Gasteiger partial charge is 0.478 e. The van der Waals surface area contributed by atoms with Crippen LogP contribution in [0.2, 0.25) is 0 Å². The average Bonchev–Trinajstić information content (AvgIpc) is 3.21. The number of esters is 1. The summed E-state index contributed by atoms with van der Waals surface area (Å²) in [6, 6.07) is 3.69. The fraction of sp³-hybridized carbons (Fsp3) is 0.500. The minimum Gasteiger partial charge on any atom is -0.478 e. The smallest absolute Gasteiger partial charge is 0.347 e. The van der Waals surface area contributed by atoms with Crippen LogP contribution in [0.5, 0.6) is 5.75 Å². The summed E-state index contributed by atoms with van der Waals surface area (Å²) >= 11 is 0. The van der Waals surface area contributed by atoms with E-state index in [0.717, 1.165) is 36.8 Å². The van der Waals surface area contributed by atoms with Crippen molar-refractivity contribution in [3.63, 3.8) is 0 Å². The van der Waals surface area contributed by atoms with Crippen molar-refractivity contribution in [3.8, 4) is 5.75 Å². The van der Waals surface area contributed by atoms with Gasteiger partial charge in [-0.15, -0.1) is 0 Å². The highest BCUT2D eigenvalue weighted by molar-refractivity contribution is 6.09. The number of ketones is 1. The number of ether oxygens (including phenoxy) is 2. The van der Waals surface area contributed by atoms with E-state index in [0.29, 0.717) is 29.7 Å². The van der Waals surface area contributed by atoms with Crippen LogP contribution in [0.3, 0.4) is 0 Å². The topological polar surface area (TPSA) is 52.6 Å². The van der Waals surface area contributed by atoms with Crippen molar-refractivity contribution >= 4 is 11.8 Å². The summed E-state index contributed by atoms with van der Waals surface area (Å²) in [4.78, 5) is 24.7. The van der Waals surface area contributed by atoms with Crippen LogP contribution in [-0.2, 0) is 16.0 Å². The normalized spacial score (nSPS) is 19.7. The van der Waals surface area contributed by atoms with Gasteiger partial charge in [-0.3, -0.25) is 4.79 Å². The van der Waals surface area contributed by atoms with E-state index in [4.69, 9.17) is 9.47 Å². The Balaban J connectivity index is 1.73. The molecule has 1 aliphatic heterocycles. The van der Waals surface area contributed by atoms with Crippen molar-refractivity contribution in [1.82, 2.24) is 0 Å². The van der Waals surface area contributed by atoms with Gasteiger partial charge >= 0.3 is 5.97 Å². The monoisotopic (exact) mass is 328 g/mol. The highest BCUT2D eigenvalue weighted by Gasteiger charge is 2.33. The first kappa shape index (κ1) is 16.7. The number of fused-ring (bicyclic) bond motifs is 1. The molecule has 1 unspecified atom stereocenters. The molecule has 0 bridgehead atoms. The van der Waals surface area contributed by atoms with Gasteiger partial charge in [0.1, 0.15) is 11.9 Å². The fourth-order valence-corrected chi connectivity index (χ4v) is 3.36. The number of Topliss-reactive ketones (excluding diaryl/α,β-unsaturated/α-hetero) is 1. The molecule has 0 amide bonds. The Morgan fingerprint density at radius 1 is 1.29 bits per heavy atom. The Labute approximate surface area is 142 Å². The molecule has 1 atom stereocenters. The number of rotatable bonds is 5. The van der Waals surface area contributed by atoms with E-state index in [1.807, 2.05) is 26.0 Å². The second-order valence-electron chi connectivity index (χ2n) is 6.72. The zero-order valence-electron chi connectivity index (χ0n) is 14.4. The van der Waals surface area contributed by atoms with Gasteiger partial charge in [-0.2, -0.15) is 0 Å². The molecule has 1 fully saturated rings. The molecule has 0 radical (unpaired) electrons. The highest BCUT2D eigenvalue weighted by Crippen LogP contribution is 2.33. The Morgan fingerprint density at radius 2 is 2.00 bits per heavy atom. The summed E-state index contributed by atoms with van der Waals surface area (Å²) < 4.78 is 11.3. The molecular formula is C20H24O4. The lowest BCUT2D eigenvalue weighted by molar-refractivity contribution is -0.156. The van der Waals surface area contributed by atoms with Crippen molar-refractivity contribution in [2.75, 3.05) is 0 Å². The average molecular weight is 328 g/mol. The third-order valence-electron chi connectivity index (χ3n) is 4.92. The number of hydrogen-bond donors (Lipinski definition) is 0. The Kier molecular flexibility index (Phi) is 4.74. The Bertz CT molecular complexity index is 683. The van der Waals surface area contributed by atoms with Crippen molar-refractivity contribution in [3.05, 3.63) is 41.0 Å². The zero-order chi connectivity index (χ0) is 17.3. The number of carbonyl (C=O) groups excluding carboxylic acids is 2. The molecule has 1 heterocycles. The standard InChI is InChI=1S/C20H24O4/c1-4-12(2)19(21)16-10-14-11-18(24-17(14)9-13(16)3)20(22)23-15-7-5-6-8-15/h9-10,15,18H,2,4-8,11H2,1,3H3. The van der Waals surface area contributed by atoms with Gasteiger partial charge < -0.3 is 9.47 Å². The summed E-state index contributed by atoms with van der Waals surface area (Å²) in [6.45, 7) is 7.63. The summed E-state index contributed by atoms with van der Waals surface area (Å²) in [5.41, 5.74) is 2.97. The van der Waals surface area contributed by atoms with Gasteiger partial charge in [0.2, 0.25) is 0 Å². The molecule has 2 aliphatic rings. The molecule has 0 spiro atoms. The van der Waals surface area contributed by atoms with Crippen LogP contribution in [0, 0.1) is 6.92 Å². The molecule has 0 aromatic heterocycles. The lowest BCUT2D eigenvalue weighted by Gasteiger charge is -2.15. The highest BCUT2D eigenvalue weighted by atomic mass is 16.6. The van der Waals surface area contributed by atoms with Gasteiger partial charge in [-0.1, -0.05) is 13.5 Å². The first-order valence-corrected chi connectivity index (χ1v) is 8.72. The van der Waals surface area contributed by atoms with Gasteiger partial charge in [-0.05, 0) is 67.9 Å².